The fourth-order valence-electron chi connectivity index (χ4n) is 0.687. The van der Waals surface area contributed by atoms with Gasteiger partial charge in [0.15, 0.2) is 0 Å². The lowest BCUT2D eigenvalue weighted by molar-refractivity contribution is -0.670. The van der Waals surface area contributed by atoms with Crippen LogP contribution < -0.4 is 4.57 Å². The number of aryl methyl sites for hydroxylation is 1. The first-order chi connectivity index (χ1) is 7.02. The number of aromatic amines is 1. The van der Waals surface area contributed by atoms with E-state index < -0.39 is 10.4 Å². The van der Waals surface area contributed by atoms with Gasteiger partial charge in [-0.15, -0.1) is 0 Å². The molecule has 0 saturated heterocycles. The third kappa shape index (κ3) is 8.10. The summed E-state index contributed by atoms with van der Waals surface area (Å²) in [5.41, 5.74) is 0. The normalized spacial score (nSPS) is 10.6. The Labute approximate surface area is 90.2 Å². The molecule has 1 N–H and O–H groups in total. The van der Waals surface area contributed by atoms with E-state index >= 15 is 0 Å². The Morgan fingerprint density at radius 2 is 1.80 bits per heavy atom. The molecule has 7 heteroatoms. The maximum atomic E-state index is 10.4. The van der Waals surface area contributed by atoms with Gasteiger partial charge < -0.3 is 0 Å². The van der Waals surface area contributed by atoms with Crippen LogP contribution in [0.15, 0.2) is 18.7 Å². The Kier molecular flexibility index (Phi) is 6.93. The number of hydrogen-bond donors (Lipinski definition) is 1. The van der Waals surface area contributed by atoms with Crippen LogP contribution in [0.5, 0.6) is 0 Å². The first-order valence-corrected chi connectivity index (χ1v) is 5.87. The smallest absolute Gasteiger partial charge is 0.250 e. The third-order valence-corrected chi connectivity index (χ3v) is 2.26. The largest absolute Gasteiger partial charge is 0.399 e. The van der Waals surface area contributed by atoms with Gasteiger partial charge in [-0.25, -0.2) is 12.9 Å². The van der Waals surface area contributed by atoms with Gasteiger partial charge in [0.2, 0.25) is 6.33 Å². The van der Waals surface area contributed by atoms with Crippen LogP contribution in [0.4, 0.5) is 0 Å². The topological polar surface area (TPSA) is 72.3 Å². The van der Waals surface area contributed by atoms with Crippen molar-refractivity contribution < 1.29 is 21.4 Å². The van der Waals surface area contributed by atoms with E-state index in [1.165, 1.54) is 0 Å². The molecule has 0 spiro atoms. The van der Waals surface area contributed by atoms with Gasteiger partial charge in [-0.1, -0.05) is 0 Å². The Morgan fingerprint density at radius 3 is 2.00 bits per heavy atom. The molecule has 88 valence electrons. The van der Waals surface area contributed by atoms with Crippen molar-refractivity contribution in [2.75, 3.05) is 13.2 Å². The van der Waals surface area contributed by atoms with Crippen LogP contribution >= 0.6 is 0 Å². The second-order valence-corrected chi connectivity index (χ2v) is 3.79. The predicted molar refractivity (Wildman–Crippen MR) is 54.1 cm³/mol. The van der Waals surface area contributed by atoms with Gasteiger partial charge in [0.25, 0.3) is 0 Å². The number of rotatable bonds is 4. The van der Waals surface area contributed by atoms with Crippen LogP contribution in [0.3, 0.4) is 0 Å². The van der Waals surface area contributed by atoms with Crippen LogP contribution in [-0.4, -0.2) is 26.6 Å². The second-order valence-electron chi connectivity index (χ2n) is 2.50. The average molecular weight is 237 g/mol. The van der Waals surface area contributed by atoms with E-state index in [2.05, 4.69) is 13.4 Å². The van der Waals surface area contributed by atoms with E-state index in [-0.39, 0.29) is 13.2 Å². The van der Waals surface area contributed by atoms with E-state index in [1.807, 2.05) is 30.3 Å². The third-order valence-electron chi connectivity index (χ3n) is 1.21. The van der Waals surface area contributed by atoms with Gasteiger partial charge in [0.1, 0.15) is 12.4 Å². The zero-order valence-corrected chi connectivity index (χ0v) is 9.95. The van der Waals surface area contributed by atoms with Crippen LogP contribution in [0.25, 0.3) is 0 Å². The molecule has 0 atom stereocenters. The second kappa shape index (κ2) is 7.38. The van der Waals surface area contributed by atoms with Crippen molar-refractivity contribution in [2.24, 2.45) is 7.05 Å². The van der Waals surface area contributed by atoms with Crippen LogP contribution in [0, 0.1) is 0 Å². The summed E-state index contributed by atoms with van der Waals surface area (Å²) in [5, 5.41) is 0. The summed E-state index contributed by atoms with van der Waals surface area (Å²) >= 11 is 0. The highest BCUT2D eigenvalue weighted by Gasteiger charge is 2.06. The summed E-state index contributed by atoms with van der Waals surface area (Å²) in [6.45, 7) is 3.39. The van der Waals surface area contributed by atoms with Crippen molar-refractivity contribution in [3.8, 4) is 0 Å². The zero-order valence-electron chi connectivity index (χ0n) is 9.13. The summed E-state index contributed by atoms with van der Waals surface area (Å²) < 4.78 is 31.2. The standard InChI is InChI=1S/C4H6N2.C4H10O4S/c1-6-3-2-5-4-6;1-3-7-9(5,6)8-4-2/h2-4H,1H3;3-4H2,1-2H3/p+1. The molecule has 0 aromatic carbocycles. The van der Waals surface area contributed by atoms with E-state index in [1.54, 1.807) is 13.8 Å². The van der Waals surface area contributed by atoms with Gasteiger partial charge in [-0.2, -0.15) is 8.42 Å². The molecule has 0 bridgehead atoms. The van der Waals surface area contributed by atoms with E-state index in [0.29, 0.717) is 0 Å². The van der Waals surface area contributed by atoms with Gasteiger partial charge >= 0.3 is 10.4 Å². The van der Waals surface area contributed by atoms with Crippen molar-refractivity contribution in [3.63, 3.8) is 0 Å². The molecular formula is C8H17N2O4S+. The van der Waals surface area contributed by atoms with E-state index in [0.717, 1.165) is 0 Å². The first-order valence-electron chi connectivity index (χ1n) is 4.53. The first kappa shape index (κ1) is 14.1. The molecule has 0 saturated carbocycles. The zero-order chi connectivity index (χ0) is 11.7. The summed E-state index contributed by atoms with van der Waals surface area (Å²) in [6, 6.07) is 0. The summed E-state index contributed by atoms with van der Waals surface area (Å²) in [7, 11) is -1.71. The predicted octanol–water partition coefficient (Wildman–Crippen LogP) is 0.143. The number of hydrogen-bond acceptors (Lipinski definition) is 4. The Balaban J connectivity index is 0.000000280. The average Bonchev–Trinajstić information content (AvgIpc) is 2.56. The number of aromatic nitrogens is 2. The van der Waals surface area contributed by atoms with Gasteiger partial charge in [0.05, 0.1) is 20.3 Å². The molecular weight excluding hydrogens is 220 g/mol. The lowest BCUT2D eigenvalue weighted by Crippen LogP contribution is -2.22. The molecule has 0 aliphatic rings. The van der Waals surface area contributed by atoms with E-state index in [9.17, 15) is 8.42 Å². The SMILES string of the molecule is CCOS(=O)(=O)OCC.C[n+]1cc[nH]c1. The number of H-pyrrole nitrogens is 1. The Bertz CT molecular complexity index is 322. The van der Waals surface area contributed by atoms with Crippen molar-refractivity contribution in [1.29, 1.82) is 0 Å². The molecule has 1 aromatic rings. The maximum absolute atomic E-state index is 10.4. The fraction of sp³-hybridized carbons (Fsp3) is 0.625. The van der Waals surface area contributed by atoms with E-state index in [4.69, 9.17) is 0 Å². The lowest BCUT2D eigenvalue weighted by Gasteiger charge is -1.99. The van der Waals surface area contributed by atoms with Crippen LogP contribution in [0.1, 0.15) is 13.8 Å². The number of nitrogens with one attached hydrogen (secondary N) is 1. The molecule has 0 aliphatic carbocycles. The molecule has 0 radical (unpaired) electrons. The Hall–Kier alpha value is -0.920. The molecule has 15 heavy (non-hydrogen) atoms. The quantitative estimate of drug-likeness (QED) is 0.756. The van der Waals surface area contributed by atoms with Crippen LogP contribution in [-0.2, 0) is 25.8 Å². The minimum absolute atomic E-state index is 0.113. The minimum Gasteiger partial charge on any atom is -0.250 e. The van der Waals surface area contributed by atoms with Crippen molar-refractivity contribution in [3.05, 3.63) is 18.7 Å². The summed E-state index contributed by atoms with van der Waals surface area (Å²) in [5.74, 6) is 0. The number of imidazole rings is 1. The fourth-order valence-corrected chi connectivity index (χ4v) is 1.33. The molecule has 1 aromatic heterocycles. The molecule has 0 unspecified atom stereocenters. The lowest BCUT2D eigenvalue weighted by atomic mass is 10.9. The number of nitrogens with zero attached hydrogens (tertiary/aromatic N) is 1. The Morgan fingerprint density at radius 1 is 1.27 bits per heavy atom. The van der Waals surface area contributed by atoms with Crippen LogP contribution in [0.2, 0.25) is 0 Å². The summed E-state index contributed by atoms with van der Waals surface area (Å²) in [4.78, 5) is 2.89. The monoisotopic (exact) mass is 237 g/mol. The molecule has 0 aliphatic heterocycles. The molecule has 1 rings (SSSR count). The molecule has 0 fully saturated rings. The highest BCUT2D eigenvalue weighted by atomic mass is 32.3. The molecule has 0 amide bonds. The van der Waals surface area contributed by atoms with Gasteiger partial charge in [-0.05, 0) is 13.8 Å². The summed E-state index contributed by atoms with van der Waals surface area (Å²) in [6.07, 6.45) is 5.69. The van der Waals surface area contributed by atoms with Gasteiger partial charge in [-0.3, -0.25) is 4.98 Å². The highest BCUT2D eigenvalue weighted by Crippen LogP contribution is 1.93. The van der Waals surface area contributed by atoms with Gasteiger partial charge in [0, 0.05) is 0 Å². The maximum Gasteiger partial charge on any atom is 0.399 e. The van der Waals surface area contributed by atoms with Crippen molar-refractivity contribution in [2.45, 2.75) is 13.8 Å². The molecule has 1 heterocycles. The van der Waals surface area contributed by atoms with Crippen molar-refractivity contribution in [1.82, 2.24) is 4.98 Å². The molecule has 6 nitrogen and oxygen atoms in total. The van der Waals surface area contributed by atoms with Crippen molar-refractivity contribution >= 4 is 10.4 Å². The minimum atomic E-state index is -3.68. The highest BCUT2D eigenvalue weighted by molar-refractivity contribution is 7.81.